The van der Waals surface area contributed by atoms with E-state index in [0.29, 0.717) is 18.4 Å². The molecule has 1 aromatic carbocycles. The SMILES string of the molecule is Cn1nc(-c2cccs2)cc1[C@@H]1CN2CC[C@H]1C[C@@H]2CNS(=O)(=O)Cc1ccccc1. The summed E-state index contributed by atoms with van der Waals surface area (Å²) < 4.78 is 30.0. The maximum atomic E-state index is 12.6. The van der Waals surface area contributed by atoms with E-state index < -0.39 is 10.0 Å². The van der Waals surface area contributed by atoms with Crippen LogP contribution in [0.15, 0.2) is 53.9 Å². The van der Waals surface area contributed by atoms with Gasteiger partial charge in [0.2, 0.25) is 10.0 Å². The topological polar surface area (TPSA) is 67.2 Å². The average Bonchev–Trinajstić information content (AvgIpc) is 3.43. The molecule has 1 N–H and O–H groups in total. The zero-order valence-electron chi connectivity index (χ0n) is 17.6. The van der Waals surface area contributed by atoms with E-state index in [9.17, 15) is 8.42 Å². The van der Waals surface area contributed by atoms with E-state index in [0.717, 1.165) is 37.2 Å². The first-order chi connectivity index (χ1) is 15.0. The minimum absolute atomic E-state index is 0.0349. The molecule has 6 nitrogen and oxygen atoms in total. The van der Waals surface area contributed by atoms with Crippen LogP contribution < -0.4 is 4.72 Å². The highest BCUT2D eigenvalue weighted by Gasteiger charge is 2.42. The number of aryl methyl sites for hydroxylation is 1. The Kier molecular flexibility index (Phi) is 5.73. The Bertz CT molecular complexity index is 1130. The zero-order chi connectivity index (χ0) is 21.4. The van der Waals surface area contributed by atoms with Crippen molar-refractivity contribution < 1.29 is 8.42 Å². The number of piperidine rings is 3. The van der Waals surface area contributed by atoms with Crippen molar-refractivity contribution in [1.82, 2.24) is 19.4 Å². The van der Waals surface area contributed by atoms with Gasteiger partial charge in [0.15, 0.2) is 0 Å². The molecule has 3 aliphatic rings. The van der Waals surface area contributed by atoms with Crippen molar-refractivity contribution >= 4 is 21.4 Å². The molecule has 0 aliphatic carbocycles. The van der Waals surface area contributed by atoms with Gasteiger partial charge in [0.1, 0.15) is 5.69 Å². The molecule has 3 saturated heterocycles. The van der Waals surface area contributed by atoms with Crippen LogP contribution in [-0.2, 0) is 22.8 Å². The molecule has 0 amide bonds. The van der Waals surface area contributed by atoms with Crippen molar-refractivity contribution in [3.8, 4) is 10.6 Å². The summed E-state index contributed by atoms with van der Waals surface area (Å²) >= 11 is 1.72. The van der Waals surface area contributed by atoms with Gasteiger partial charge >= 0.3 is 0 Å². The maximum Gasteiger partial charge on any atom is 0.215 e. The summed E-state index contributed by atoms with van der Waals surface area (Å²) in [5.74, 6) is 1.06. The van der Waals surface area contributed by atoms with Crippen molar-refractivity contribution in [1.29, 1.82) is 0 Å². The molecule has 164 valence electrons. The summed E-state index contributed by atoms with van der Waals surface area (Å²) in [6, 6.07) is 16.1. The summed E-state index contributed by atoms with van der Waals surface area (Å²) in [4.78, 5) is 3.67. The molecule has 0 spiro atoms. The van der Waals surface area contributed by atoms with Gasteiger partial charge in [-0.25, -0.2) is 13.1 Å². The minimum atomic E-state index is -3.33. The molecule has 8 heteroatoms. The second-order valence-electron chi connectivity index (χ2n) is 8.69. The Morgan fingerprint density at radius 2 is 2.03 bits per heavy atom. The average molecular weight is 457 g/mol. The number of benzene rings is 1. The minimum Gasteiger partial charge on any atom is -0.298 e. The maximum absolute atomic E-state index is 12.6. The third kappa shape index (κ3) is 4.48. The van der Waals surface area contributed by atoms with Crippen LogP contribution in [0.1, 0.15) is 30.0 Å². The quantitative estimate of drug-likeness (QED) is 0.591. The highest BCUT2D eigenvalue weighted by molar-refractivity contribution is 7.88. The van der Waals surface area contributed by atoms with Crippen LogP contribution in [0.2, 0.25) is 0 Å². The largest absolute Gasteiger partial charge is 0.298 e. The van der Waals surface area contributed by atoms with E-state index >= 15 is 0 Å². The third-order valence-corrected chi connectivity index (χ3v) is 8.90. The third-order valence-electron chi connectivity index (χ3n) is 6.69. The summed E-state index contributed by atoms with van der Waals surface area (Å²) in [7, 11) is -1.29. The van der Waals surface area contributed by atoms with Crippen molar-refractivity contribution in [2.24, 2.45) is 13.0 Å². The van der Waals surface area contributed by atoms with E-state index in [1.54, 1.807) is 11.3 Å². The molecule has 3 fully saturated rings. The molecular weight excluding hydrogens is 428 g/mol. The Balaban J connectivity index is 1.23. The number of thiophene rings is 1. The predicted molar refractivity (Wildman–Crippen MR) is 124 cm³/mol. The van der Waals surface area contributed by atoms with Gasteiger partial charge in [-0.05, 0) is 48.4 Å². The summed E-state index contributed by atoms with van der Waals surface area (Å²) in [5.41, 5.74) is 3.16. The Morgan fingerprint density at radius 1 is 1.19 bits per heavy atom. The first kappa shape index (κ1) is 20.9. The molecular formula is C23H28N4O2S2. The van der Waals surface area contributed by atoms with Crippen molar-refractivity contribution in [2.45, 2.75) is 30.6 Å². The van der Waals surface area contributed by atoms with E-state index in [-0.39, 0.29) is 11.8 Å². The highest BCUT2D eigenvalue weighted by atomic mass is 32.2. The highest BCUT2D eigenvalue weighted by Crippen LogP contribution is 2.42. The number of sulfonamides is 1. The molecule has 3 aliphatic heterocycles. The molecule has 1 unspecified atom stereocenters. The second kappa shape index (κ2) is 8.50. The molecule has 31 heavy (non-hydrogen) atoms. The van der Waals surface area contributed by atoms with Gasteiger partial charge in [0.05, 0.1) is 10.6 Å². The van der Waals surface area contributed by atoms with Crippen LogP contribution in [0.4, 0.5) is 0 Å². The summed E-state index contributed by atoms with van der Waals surface area (Å²) in [5, 5.41) is 6.84. The van der Waals surface area contributed by atoms with Crippen LogP contribution in [0, 0.1) is 5.92 Å². The van der Waals surface area contributed by atoms with Crippen LogP contribution in [-0.4, -0.2) is 48.8 Å². The van der Waals surface area contributed by atoms with E-state index in [1.165, 1.54) is 10.6 Å². The first-order valence-electron chi connectivity index (χ1n) is 10.8. The lowest BCUT2D eigenvalue weighted by molar-refractivity contribution is 0.0306. The molecule has 0 radical (unpaired) electrons. The number of nitrogens with zero attached hydrogens (tertiary/aromatic N) is 3. The molecule has 2 aromatic heterocycles. The normalized spacial score (nSPS) is 25.7. The predicted octanol–water partition coefficient (Wildman–Crippen LogP) is 3.45. The Morgan fingerprint density at radius 3 is 2.74 bits per heavy atom. The van der Waals surface area contributed by atoms with E-state index in [2.05, 4.69) is 33.2 Å². The van der Waals surface area contributed by atoms with Gasteiger partial charge in [-0.15, -0.1) is 11.3 Å². The number of hydrogen-bond acceptors (Lipinski definition) is 5. The number of aromatic nitrogens is 2. The lowest BCUT2D eigenvalue weighted by Gasteiger charge is -2.49. The van der Waals surface area contributed by atoms with Crippen molar-refractivity contribution in [2.75, 3.05) is 19.6 Å². The van der Waals surface area contributed by atoms with Crippen LogP contribution in [0.5, 0.6) is 0 Å². The monoisotopic (exact) mass is 456 g/mol. The first-order valence-corrected chi connectivity index (χ1v) is 13.3. The van der Waals surface area contributed by atoms with Crippen molar-refractivity contribution in [3.63, 3.8) is 0 Å². The fourth-order valence-corrected chi connectivity index (χ4v) is 6.99. The standard InChI is InChI=1S/C23H28N4O2S2/c1-26-22(13-21(25-26)23-8-5-11-30-23)20-15-27-10-9-18(20)12-19(27)14-24-31(28,29)16-17-6-3-2-4-7-17/h2-8,11,13,18-20,24H,9-10,12,14-16H2,1H3/t18-,19+,20+/m0/s1. The summed E-state index contributed by atoms with van der Waals surface area (Å²) in [6.07, 6.45) is 2.19. The molecule has 3 aromatic rings. The van der Waals surface area contributed by atoms with Gasteiger partial charge in [0.25, 0.3) is 0 Å². The molecule has 0 saturated carbocycles. The lowest BCUT2D eigenvalue weighted by Crippen LogP contribution is -2.56. The molecule has 2 bridgehead atoms. The van der Waals surface area contributed by atoms with Crippen LogP contribution in [0.3, 0.4) is 0 Å². The second-order valence-corrected chi connectivity index (χ2v) is 11.4. The van der Waals surface area contributed by atoms with Gasteiger partial charge in [0, 0.05) is 37.8 Å². The number of fused-ring (bicyclic) bond motifs is 3. The van der Waals surface area contributed by atoms with Crippen molar-refractivity contribution in [3.05, 3.63) is 65.2 Å². The fourth-order valence-electron chi connectivity index (χ4n) is 5.13. The van der Waals surface area contributed by atoms with E-state index in [4.69, 9.17) is 5.10 Å². The van der Waals surface area contributed by atoms with Crippen LogP contribution >= 0.6 is 11.3 Å². The number of hydrogen-bond donors (Lipinski definition) is 1. The smallest absolute Gasteiger partial charge is 0.215 e. The summed E-state index contributed by atoms with van der Waals surface area (Å²) in [6.45, 7) is 2.51. The lowest BCUT2D eigenvalue weighted by atomic mass is 9.74. The Labute approximate surface area is 188 Å². The van der Waals surface area contributed by atoms with Gasteiger partial charge in [-0.3, -0.25) is 9.58 Å². The van der Waals surface area contributed by atoms with E-state index in [1.807, 2.05) is 42.1 Å². The van der Waals surface area contributed by atoms with Gasteiger partial charge < -0.3 is 0 Å². The number of nitrogens with one attached hydrogen (secondary N) is 1. The van der Waals surface area contributed by atoms with Gasteiger partial charge in [-0.2, -0.15) is 5.10 Å². The molecule has 4 atom stereocenters. The van der Waals surface area contributed by atoms with Gasteiger partial charge in [-0.1, -0.05) is 36.4 Å². The Hall–Kier alpha value is -2.00. The molecule has 6 rings (SSSR count). The fraction of sp³-hybridized carbons (Fsp3) is 0.435. The molecule has 5 heterocycles. The van der Waals surface area contributed by atoms with Crippen LogP contribution in [0.25, 0.3) is 10.6 Å². The zero-order valence-corrected chi connectivity index (χ0v) is 19.3. The number of rotatable bonds is 7.